The van der Waals surface area contributed by atoms with Gasteiger partial charge in [-0.1, -0.05) is 12.0 Å². The fourth-order valence-corrected chi connectivity index (χ4v) is 0.119. The maximum atomic E-state index is 11.3. The minimum Gasteiger partial charge on any atom is -0.251 e. The third kappa shape index (κ3) is 3.06. The molecule has 0 rings (SSSR count). The Bertz CT molecular complexity index is 86.2. The predicted molar refractivity (Wildman–Crippen MR) is 24.6 cm³/mol. The summed E-state index contributed by atoms with van der Waals surface area (Å²) in [7, 11) is 0. The quantitative estimate of drug-likeness (QED) is 0.289. The SMILES string of the molecule is CC(C[18F])N=[N+]=[N-]. The molecule has 0 aliphatic rings. The summed E-state index contributed by atoms with van der Waals surface area (Å²) in [6.45, 7) is 0.934. The lowest BCUT2D eigenvalue weighted by molar-refractivity contribution is 0.445. The van der Waals surface area contributed by atoms with Crippen molar-refractivity contribution in [3.63, 3.8) is 0 Å². The van der Waals surface area contributed by atoms with Gasteiger partial charge in [-0.15, -0.1) is 0 Å². The van der Waals surface area contributed by atoms with E-state index in [1.807, 2.05) is 0 Å². The van der Waals surface area contributed by atoms with Gasteiger partial charge >= 0.3 is 0 Å². The van der Waals surface area contributed by atoms with Crippen molar-refractivity contribution in [3.05, 3.63) is 10.4 Å². The van der Waals surface area contributed by atoms with Crippen LogP contribution in [0.15, 0.2) is 5.11 Å². The molecule has 0 radical (unpaired) electrons. The number of azide groups is 1. The van der Waals surface area contributed by atoms with Crippen LogP contribution in [0.5, 0.6) is 0 Å². The Morgan fingerprint density at radius 3 is 2.71 bits per heavy atom. The molecular formula is C3H6FN3. The molecule has 3 nitrogen and oxygen atoms in total. The zero-order valence-electron chi connectivity index (χ0n) is 4.00. The van der Waals surface area contributed by atoms with Crippen LogP contribution in [0.1, 0.15) is 6.92 Å². The smallest absolute Gasteiger partial charge is 0.0976 e. The van der Waals surface area contributed by atoms with Crippen LogP contribution in [0.3, 0.4) is 0 Å². The summed E-state index contributed by atoms with van der Waals surface area (Å²) >= 11 is 0. The summed E-state index contributed by atoms with van der Waals surface area (Å²) in [5.74, 6) is 0. The Balaban J connectivity index is 3.35. The first kappa shape index (κ1) is 6.24. The first-order valence-corrected chi connectivity index (χ1v) is 1.91. The molecule has 7 heavy (non-hydrogen) atoms. The molecule has 1 unspecified atom stereocenters. The Labute approximate surface area is 40.8 Å². The summed E-state index contributed by atoms with van der Waals surface area (Å²) in [4.78, 5) is 2.39. The van der Waals surface area contributed by atoms with Crippen LogP contribution in [0.2, 0.25) is 0 Å². The molecule has 0 aromatic heterocycles. The molecule has 0 aliphatic heterocycles. The molecule has 0 spiro atoms. The van der Waals surface area contributed by atoms with Gasteiger partial charge in [0, 0.05) is 4.91 Å². The third-order valence-corrected chi connectivity index (χ3v) is 0.472. The largest absolute Gasteiger partial charge is 0.251 e. The summed E-state index contributed by atoms with van der Waals surface area (Å²) in [6, 6.07) is -0.509. The summed E-state index contributed by atoms with van der Waals surface area (Å²) in [5, 5.41) is 3.05. The van der Waals surface area contributed by atoms with E-state index in [4.69, 9.17) is 5.53 Å². The number of rotatable bonds is 2. The van der Waals surface area contributed by atoms with E-state index in [2.05, 4.69) is 10.0 Å². The van der Waals surface area contributed by atoms with Crippen molar-refractivity contribution in [2.24, 2.45) is 5.11 Å². The van der Waals surface area contributed by atoms with Crippen molar-refractivity contribution in [2.45, 2.75) is 13.0 Å². The fourth-order valence-electron chi connectivity index (χ4n) is 0.119. The molecule has 40 valence electrons. The van der Waals surface area contributed by atoms with Crippen LogP contribution >= 0.6 is 0 Å². The van der Waals surface area contributed by atoms with Gasteiger partial charge < -0.3 is 0 Å². The molecule has 1 atom stereocenters. The molecule has 0 bridgehead atoms. The third-order valence-electron chi connectivity index (χ3n) is 0.472. The van der Waals surface area contributed by atoms with Crippen LogP contribution in [0, 0.1) is 0 Å². The van der Waals surface area contributed by atoms with E-state index in [-0.39, 0.29) is 0 Å². The number of halogens is 1. The molecule has 0 aromatic carbocycles. The van der Waals surface area contributed by atoms with Gasteiger partial charge in [0.2, 0.25) is 0 Å². The average molecular weight is 102 g/mol. The molecule has 0 N–H and O–H groups in total. The van der Waals surface area contributed by atoms with Crippen molar-refractivity contribution >= 4 is 0 Å². The first-order valence-electron chi connectivity index (χ1n) is 1.91. The van der Waals surface area contributed by atoms with Gasteiger partial charge in [0.05, 0.1) is 12.7 Å². The number of nitrogens with zero attached hydrogens (tertiary/aromatic N) is 3. The van der Waals surface area contributed by atoms with Crippen LogP contribution in [0.25, 0.3) is 10.4 Å². The second-order valence-corrected chi connectivity index (χ2v) is 1.21. The average Bonchev–Trinajstić information content (AvgIpc) is 1.68. The zero-order chi connectivity index (χ0) is 5.70. The highest BCUT2D eigenvalue weighted by Crippen LogP contribution is 1.87. The van der Waals surface area contributed by atoms with E-state index in [1.54, 1.807) is 0 Å². The Hall–Kier alpha value is -0.760. The normalized spacial score (nSPS) is 12.3. The molecule has 0 heterocycles. The molecule has 0 aromatic rings. The summed E-state index contributed by atoms with van der Waals surface area (Å²) < 4.78 is 11.3. The van der Waals surface area contributed by atoms with Gasteiger partial charge in [0.15, 0.2) is 0 Å². The number of alkyl halides is 1. The van der Waals surface area contributed by atoms with Gasteiger partial charge in [0.1, 0.15) is 0 Å². The lowest BCUT2D eigenvalue weighted by Gasteiger charge is -1.88. The lowest BCUT2D eigenvalue weighted by Crippen LogP contribution is -1.96. The standard InChI is InChI=1S/C3H6FN3/c1-3(2-4)6-7-5/h3H,2H2,1H3/i4-1. The zero-order valence-corrected chi connectivity index (χ0v) is 4.00. The van der Waals surface area contributed by atoms with Gasteiger partial charge in [-0.25, -0.2) is 0 Å². The maximum Gasteiger partial charge on any atom is 0.0976 e. The van der Waals surface area contributed by atoms with E-state index in [9.17, 15) is 4.39 Å². The summed E-state index contributed by atoms with van der Waals surface area (Å²) in [5.41, 5.74) is 7.66. The van der Waals surface area contributed by atoms with Crippen molar-refractivity contribution in [3.8, 4) is 0 Å². The summed E-state index contributed by atoms with van der Waals surface area (Å²) in [6.07, 6.45) is 0. The first-order chi connectivity index (χ1) is 3.31. The van der Waals surface area contributed by atoms with Crippen molar-refractivity contribution in [1.82, 2.24) is 0 Å². The second-order valence-electron chi connectivity index (χ2n) is 1.21. The van der Waals surface area contributed by atoms with Gasteiger partial charge in [-0.3, -0.25) is 4.39 Å². The van der Waals surface area contributed by atoms with E-state index >= 15 is 0 Å². The fraction of sp³-hybridized carbons (Fsp3) is 1.00. The molecule has 0 saturated carbocycles. The van der Waals surface area contributed by atoms with Crippen LogP contribution in [-0.4, -0.2) is 12.7 Å². The van der Waals surface area contributed by atoms with E-state index in [1.165, 1.54) is 6.92 Å². The highest BCUT2D eigenvalue weighted by Gasteiger charge is 1.91. The molecular weight excluding hydrogens is 96.1 g/mol. The van der Waals surface area contributed by atoms with Crippen molar-refractivity contribution in [2.75, 3.05) is 6.67 Å². The lowest BCUT2D eigenvalue weighted by atomic mass is 10.4. The molecule has 0 amide bonds. The van der Waals surface area contributed by atoms with Gasteiger partial charge in [-0.2, -0.15) is 0 Å². The molecule has 0 saturated heterocycles. The van der Waals surface area contributed by atoms with E-state index in [0.29, 0.717) is 0 Å². The Kier molecular flexibility index (Phi) is 3.06. The van der Waals surface area contributed by atoms with Crippen molar-refractivity contribution < 1.29 is 4.39 Å². The highest BCUT2D eigenvalue weighted by atomic mass is 18.2. The molecule has 4 heteroatoms. The number of hydrogen-bond donors (Lipinski definition) is 0. The van der Waals surface area contributed by atoms with Crippen molar-refractivity contribution in [1.29, 1.82) is 0 Å². The van der Waals surface area contributed by atoms with Crippen LogP contribution < -0.4 is 0 Å². The van der Waals surface area contributed by atoms with Crippen LogP contribution in [-0.2, 0) is 0 Å². The topological polar surface area (TPSA) is 48.8 Å². The monoisotopic (exact) mass is 102 g/mol. The highest BCUT2D eigenvalue weighted by molar-refractivity contribution is 4.56. The molecule has 0 fully saturated rings. The Morgan fingerprint density at radius 2 is 2.57 bits per heavy atom. The van der Waals surface area contributed by atoms with Gasteiger partial charge in [0.25, 0.3) is 0 Å². The minimum absolute atomic E-state index is 0.509. The number of hydrogen-bond acceptors (Lipinski definition) is 1. The van der Waals surface area contributed by atoms with Gasteiger partial charge in [-0.05, 0) is 5.53 Å². The molecule has 0 aliphatic carbocycles. The van der Waals surface area contributed by atoms with Crippen LogP contribution in [0.4, 0.5) is 4.39 Å². The van der Waals surface area contributed by atoms with E-state index < -0.39 is 12.7 Å². The second kappa shape index (κ2) is 3.43. The minimum atomic E-state index is -0.579. The Morgan fingerprint density at radius 1 is 2.00 bits per heavy atom. The maximum absolute atomic E-state index is 11.3. The predicted octanol–water partition coefficient (Wildman–Crippen LogP) is 1.65. The van der Waals surface area contributed by atoms with E-state index in [0.717, 1.165) is 0 Å².